The van der Waals surface area contributed by atoms with Gasteiger partial charge in [-0.3, -0.25) is 14.4 Å². The van der Waals surface area contributed by atoms with Crippen LogP contribution in [0.2, 0.25) is 0 Å². The summed E-state index contributed by atoms with van der Waals surface area (Å²) in [5.41, 5.74) is 0. The average Bonchev–Trinajstić information content (AvgIpc) is 3.49. The quantitative estimate of drug-likeness (QED) is 0.0261. The summed E-state index contributed by atoms with van der Waals surface area (Å²) in [4.78, 5) is 38.4. The Labute approximate surface area is 514 Å². The molecule has 0 rings (SSSR count). The van der Waals surface area contributed by atoms with Crippen molar-refractivity contribution in [3.05, 3.63) is 109 Å². The van der Waals surface area contributed by atoms with E-state index in [0.717, 1.165) is 116 Å². The number of unbranched alkanes of at least 4 members (excludes halogenated alkanes) is 35. The number of allylic oxidation sites excluding steroid dienone is 18. The number of rotatable bonds is 64. The molecule has 0 saturated heterocycles. The predicted octanol–water partition coefficient (Wildman–Crippen LogP) is 24.6. The van der Waals surface area contributed by atoms with Gasteiger partial charge in [-0.15, -0.1) is 0 Å². The van der Waals surface area contributed by atoms with Crippen LogP contribution in [0.15, 0.2) is 109 Å². The monoisotopic (exact) mass is 1150 g/mol. The summed E-state index contributed by atoms with van der Waals surface area (Å²) in [6.45, 7) is 6.53. The fourth-order valence-corrected chi connectivity index (χ4v) is 9.99. The maximum absolute atomic E-state index is 12.9. The van der Waals surface area contributed by atoms with Gasteiger partial charge in [-0.25, -0.2) is 0 Å². The molecule has 1 atom stereocenters. The Morgan fingerprint density at radius 2 is 0.470 bits per heavy atom. The molecule has 6 heteroatoms. The van der Waals surface area contributed by atoms with Crippen LogP contribution in [0.1, 0.15) is 342 Å². The van der Waals surface area contributed by atoms with Gasteiger partial charge in [0, 0.05) is 19.3 Å². The third kappa shape index (κ3) is 68.7. The van der Waals surface area contributed by atoms with Crippen molar-refractivity contribution in [1.82, 2.24) is 0 Å². The molecule has 0 radical (unpaired) electrons. The van der Waals surface area contributed by atoms with Gasteiger partial charge in [0.1, 0.15) is 13.2 Å². The Bertz CT molecular complexity index is 1660. The van der Waals surface area contributed by atoms with E-state index in [1.54, 1.807) is 0 Å². The SMILES string of the molecule is CC/C=C\C/C=C\C/C=C\C/C=C\C/C=C\C/C=C\C/C=C\C/C=C\CCCCCCCCCCCCC(=O)OCC(COC(=O)CCCCCCC/C=C\CCCCC)OC(=O)CCCCCCCCCCCCCCCCCCCC. The number of hydrogen-bond donors (Lipinski definition) is 0. The molecule has 0 aromatic rings. The first-order valence-electron chi connectivity index (χ1n) is 35.4. The van der Waals surface area contributed by atoms with Crippen molar-refractivity contribution in [2.24, 2.45) is 0 Å². The van der Waals surface area contributed by atoms with Crippen molar-refractivity contribution in [2.45, 2.75) is 348 Å². The second-order valence-corrected chi connectivity index (χ2v) is 23.4. The van der Waals surface area contributed by atoms with E-state index in [1.165, 1.54) is 186 Å². The Kier molecular flexibility index (Phi) is 67.2. The van der Waals surface area contributed by atoms with E-state index in [1.807, 2.05) is 0 Å². The van der Waals surface area contributed by atoms with Crippen molar-refractivity contribution < 1.29 is 28.6 Å². The smallest absolute Gasteiger partial charge is 0.306 e. The summed E-state index contributed by atoms with van der Waals surface area (Å²) in [6, 6.07) is 0. The van der Waals surface area contributed by atoms with Gasteiger partial charge >= 0.3 is 17.9 Å². The molecule has 0 aromatic carbocycles. The van der Waals surface area contributed by atoms with Gasteiger partial charge in [0.2, 0.25) is 0 Å². The summed E-state index contributed by atoms with van der Waals surface area (Å²) >= 11 is 0. The lowest BCUT2D eigenvalue weighted by Crippen LogP contribution is -2.30. The van der Waals surface area contributed by atoms with Crippen LogP contribution in [0.3, 0.4) is 0 Å². The highest BCUT2D eigenvalue weighted by molar-refractivity contribution is 5.71. The molecule has 0 saturated carbocycles. The van der Waals surface area contributed by atoms with Crippen LogP contribution in [0.4, 0.5) is 0 Å². The Morgan fingerprint density at radius 3 is 0.771 bits per heavy atom. The molecule has 0 amide bonds. The third-order valence-electron chi connectivity index (χ3n) is 15.3. The fraction of sp³-hybridized carbons (Fsp3) is 0.727. The molecule has 0 N–H and O–H groups in total. The van der Waals surface area contributed by atoms with Gasteiger partial charge in [0.25, 0.3) is 0 Å². The molecule has 0 bridgehead atoms. The third-order valence-corrected chi connectivity index (χ3v) is 15.3. The van der Waals surface area contributed by atoms with E-state index in [4.69, 9.17) is 14.2 Å². The van der Waals surface area contributed by atoms with Crippen molar-refractivity contribution in [1.29, 1.82) is 0 Å². The van der Waals surface area contributed by atoms with Crippen LogP contribution in [0, 0.1) is 0 Å². The van der Waals surface area contributed by atoms with Gasteiger partial charge in [-0.05, 0) is 109 Å². The maximum atomic E-state index is 12.9. The lowest BCUT2D eigenvalue weighted by Gasteiger charge is -2.18. The Morgan fingerprint density at radius 1 is 0.253 bits per heavy atom. The summed E-state index contributed by atoms with van der Waals surface area (Å²) in [6.07, 6.45) is 96.9. The lowest BCUT2D eigenvalue weighted by molar-refractivity contribution is -0.167. The van der Waals surface area contributed by atoms with E-state index in [9.17, 15) is 14.4 Å². The minimum Gasteiger partial charge on any atom is -0.462 e. The number of ether oxygens (including phenoxy) is 3. The minimum absolute atomic E-state index is 0.0794. The van der Waals surface area contributed by atoms with Gasteiger partial charge in [-0.2, -0.15) is 0 Å². The summed E-state index contributed by atoms with van der Waals surface area (Å²) in [5, 5.41) is 0. The fourth-order valence-electron chi connectivity index (χ4n) is 9.99. The first-order valence-corrected chi connectivity index (χ1v) is 35.4. The van der Waals surface area contributed by atoms with Crippen LogP contribution in [0.25, 0.3) is 0 Å². The summed E-state index contributed by atoms with van der Waals surface area (Å²) in [5.74, 6) is -0.877. The van der Waals surface area contributed by atoms with Crippen LogP contribution >= 0.6 is 0 Å². The van der Waals surface area contributed by atoms with Crippen molar-refractivity contribution in [3.63, 3.8) is 0 Å². The van der Waals surface area contributed by atoms with Crippen molar-refractivity contribution in [3.8, 4) is 0 Å². The molecule has 0 spiro atoms. The zero-order valence-electron chi connectivity index (χ0n) is 54.7. The minimum atomic E-state index is -0.782. The maximum Gasteiger partial charge on any atom is 0.306 e. The molecular formula is C77H132O6. The zero-order valence-corrected chi connectivity index (χ0v) is 54.7. The molecule has 0 aliphatic heterocycles. The van der Waals surface area contributed by atoms with E-state index in [-0.39, 0.29) is 31.1 Å². The second-order valence-electron chi connectivity index (χ2n) is 23.4. The highest BCUT2D eigenvalue weighted by atomic mass is 16.6. The van der Waals surface area contributed by atoms with Crippen LogP contribution in [-0.4, -0.2) is 37.2 Å². The number of carbonyl (C=O) groups is 3. The molecule has 0 aromatic heterocycles. The van der Waals surface area contributed by atoms with E-state index < -0.39 is 6.10 Å². The van der Waals surface area contributed by atoms with E-state index in [0.29, 0.717) is 19.3 Å². The highest BCUT2D eigenvalue weighted by Crippen LogP contribution is 2.17. The summed E-state index contributed by atoms with van der Waals surface area (Å²) in [7, 11) is 0. The van der Waals surface area contributed by atoms with Crippen molar-refractivity contribution in [2.75, 3.05) is 13.2 Å². The van der Waals surface area contributed by atoms with Gasteiger partial charge < -0.3 is 14.2 Å². The second kappa shape index (κ2) is 70.6. The largest absolute Gasteiger partial charge is 0.462 e. The van der Waals surface area contributed by atoms with Crippen LogP contribution < -0.4 is 0 Å². The average molecular weight is 1150 g/mol. The molecule has 83 heavy (non-hydrogen) atoms. The molecule has 476 valence electrons. The highest BCUT2D eigenvalue weighted by Gasteiger charge is 2.19. The van der Waals surface area contributed by atoms with Gasteiger partial charge in [0.05, 0.1) is 0 Å². The first-order chi connectivity index (χ1) is 41.0. The van der Waals surface area contributed by atoms with Crippen LogP contribution in [-0.2, 0) is 28.6 Å². The Balaban J connectivity index is 4.21. The molecule has 0 fully saturated rings. The molecule has 1 unspecified atom stereocenters. The topological polar surface area (TPSA) is 78.9 Å². The number of hydrogen-bond acceptors (Lipinski definition) is 6. The molecule has 0 aliphatic rings. The predicted molar refractivity (Wildman–Crippen MR) is 362 cm³/mol. The first kappa shape index (κ1) is 79.1. The molecule has 6 nitrogen and oxygen atoms in total. The van der Waals surface area contributed by atoms with Crippen LogP contribution in [0.5, 0.6) is 0 Å². The van der Waals surface area contributed by atoms with E-state index in [2.05, 4.69) is 130 Å². The van der Waals surface area contributed by atoms with Gasteiger partial charge in [-0.1, -0.05) is 323 Å². The Hall–Kier alpha value is -3.93. The molecule has 0 aliphatic carbocycles. The zero-order chi connectivity index (χ0) is 59.9. The normalized spacial score (nSPS) is 12.8. The standard InChI is InChI=1S/C77H132O6/c1-4-7-10-13-16-19-22-25-27-29-31-32-33-34-35-36-37-38-39-40-41-42-43-44-45-46-47-49-50-52-55-58-61-64-67-70-76(79)82-73-74(72-81-75(78)69-66-63-60-57-54-24-21-18-15-12-9-6-3)83-77(80)71-68-65-62-59-56-53-51-48-30-28-26-23-20-17-14-11-8-5-2/h7,10,16,18-19,21,25,27,31-32,34-35,37-38,40-41,43-44,74H,4-6,8-9,11-15,17,20,22-24,26,28-30,33,36,39,42,45-73H2,1-3H3/b10-7-,19-16-,21-18-,27-25-,32-31-,35-34-,38-37-,41-40-,44-43-. The molecule has 0 heterocycles. The van der Waals surface area contributed by atoms with E-state index >= 15 is 0 Å². The van der Waals surface area contributed by atoms with Crippen molar-refractivity contribution >= 4 is 17.9 Å². The number of esters is 3. The summed E-state index contributed by atoms with van der Waals surface area (Å²) < 4.78 is 16.9. The lowest BCUT2D eigenvalue weighted by atomic mass is 10.0. The molecular weight excluding hydrogens is 1020 g/mol. The van der Waals surface area contributed by atoms with Gasteiger partial charge in [0.15, 0.2) is 6.10 Å². The number of carbonyl (C=O) groups excluding carboxylic acids is 3.